The quantitative estimate of drug-likeness (QED) is 0.186. The fourth-order valence-electron chi connectivity index (χ4n) is 6.16. The molecule has 0 radical (unpaired) electrons. The Labute approximate surface area is 222 Å². The number of hydrogen-bond donors (Lipinski definition) is 1. The van der Waals surface area contributed by atoms with E-state index in [0.717, 1.165) is 40.5 Å². The maximum atomic E-state index is 13.7. The molecule has 3 heteroatoms. The van der Waals surface area contributed by atoms with E-state index in [1.165, 1.54) is 0 Å². The number of carboxylic acid groups (broad SMARTS) is 1. The maximum absolute atomic E-state index is 13.7. The monoisotopic (exact) mass is 510 g/mol. The number of rotatable bonds is 10. The molecule has 4 rings (SSSR count). The summed E-state index contributed by atoms with van der Waals surface area (Å²) in [6, 6.07) is 41.9. The Bertz CT molecular complexity index is 1110. The van der Waals surface area contributed by atoms with Crippen molar-refractivity contribution in [1.29, 1.82) is 0 Å². The molecule has 0 spiro atoms. The molecule has 37 heavy (non-hydrogen) atoms. The fraction of sp³-hybridized carbons (Fsp3) is 0.265. The van der Waals surface area contributed by atoms with Crippen molar-refractivity contribution >= 4 is 33.8 Å². The van der Waals surface area contributed by atoms with Crippen LogP contribution in [0.15, 0.2) is 121 Å². The van der Waals surface area contributed by atoms with Gasteiger partial charge in [0, 0.05) is 0 Å². The molecule has 0 aliphatic heterocycles. The van der Waals surface area contributed by atoms with Crippen molar-refractivity contribution in [3.05, 3.63) is 121 Å². The van der Waals surface area contributed by atoms with Crippen molar-refractivity contribution in [3.63, 3.8) is 0 Å². The first-order chi connectivity index (χ1) is 17.8. The third-order valence-corrected chi connectivity index (χ3v) is 14.9. The van der Waals surface area contributed by atoms with Gasteiger partial charge in [0.25, 0.3) is 0 Å². The van der Waals surface area contributed by atoms with E-state index in [9.17, 15) is 9.90 Å². The van der Waals surface area contributed by atoms with Gasteiger partial charge in [-0.25, -0.2) is 0 Å². The van der Waals surface area contributed by atoms with Gasteiger partial charge in [-0.05, 0) is 0 Å². The molecule has 0 heterocycles. The number of hydrogen-bond acceptors (Lipinski definition) is 1. The molecule has 0 saturated heterocycles. The van der Waals surface area contributed by atoms with Crippen LogP contribution in [0, 0.1) is 5.41 Å². The third-order valence-electron chi connectivity index (χ3n) is 7.73. The minimum atomic E-state index is -3.78. The first-order valence-corrected chi connectivity index (χ1v) is 15.6. The van der Waals surface area contributed by atoms with Crippen LogP contribution in [0.4, 0.5) is 0 Å². The molecule has 1 atom stereocenters. The molecule has 2 nitrogen and oxygen atoms in total. The van der Waals surface area contributed by atoms with Crippen molar-refractivity contribution < 1.29 is 9.90 Å². The summed E-state index contributed by atoms with van der Waals surface area (Å²) >= 11 is 0. The standard InChI is InChI=1S/C34H39O2P/c1-34(2,3)27-17-16-26-32(33(35)36)37(28-18-8-4-9-19-28,29-20-10-5-11-21-29,30-22-12-6-13-23-30)31-24-14-7-15-25-31/h4-15,18-25,32H,16-17,26-27H2,1-3H3,(H,35,36). The Morgan fingerprint density at radius 2 is 0.946 bits per heavy atom. The van der Waals surface area contributed by atoms with Crippen LogP contribution in [0.25, 0.3) is 0 Å². The van der Waals surface area contributed by atoms with Gasteiger partial charge in [0.05, 0.1) is 0 Å². The predicted octanol–water partition coefficient (Wildman–Crippen LogP) is 6.90. The van der Waals surface area contributed by atoms with Crippen molar-refractivity contribution in [2.45, 2.75) is 52.1 Å². The van der Waals surface area contributed by atoms with Crippen LogP contribution in [-0.4, -0.2) is 16.7 Å². The van der Waals surface area contributed by atoms with E-state index >= 15 is 0 Å². The first kappa shape index (κ1) is 26.8. The average Bonchev–Trinajstić information content (AvgIpc) is 2.92. The van der Waals surface area contributed by atoms with Crippen LogP contribution in [0.1, 0.15) is 46.5 Å². The van der Waals surface area contributed by atoms with E-state index in [1.807, 2.05) is 24.3 Å². The van der Waals surface area contributed by atoms with Crippen molar-refractivity contribution in [3.8, 4) is 0 Å². The molecule has 1 N–H and O–H groups in total. The SMILES string of the molecule is CC(C)(C)CCCCC(C(=O)O)P(c1ccccc1)(c1ccccc1)(c1ccccc1)c1ccccc1. The predicted molar refractivity (Wildman–Crippen MR) is 161 cm³/mol. The first-order valence-electron chi connectivity index (χ1n) is 13.3. The van der Waals surface area contributed by atoms with Gasteiger partial charge in [-0.2, -0.15) is 0 Å². The second-order valence-corrected chi connectivity index (χ2v) is 16.3. The Morgan fingerprint density at radius 3 is 1.22 bits per heavy atom. The Hall–Kier alpha value is -3.22. The van der Waals surface area contributed by atoms with E-state index in [-0.39, 0.29) is 5.41 Å². The number of unbranched alkanes of at least 4 members (excludes halogenated alkanes) is 1. The van der Waals surface area contributed by atoms with Gasteiger partial charge in [-0.1, -0.05) is 0 Å². The van der Waals surface area contributed by atoms with E-state index in [2.05, 4.69) is 118 Å². The van der Waals surface area contributed by atoms with Gasteiger partial charge < -0.3 is 0 Å². The van der Waals surface area contributed by atoms with Gasteiger partial charge in [-0.15, -0.1) is 0 Å². The second-order valence-electron chi connectivity index (χ2n) is 11.2. The summed E-state index contributed by atoms with van der Waals surface area (Å²) in [4.78, 5) is 13.7. The third kappa shape index (κ3) is 4.76. The molecule has 0 aliphatic carbocycles. The summed E-state index contributed by atoms with van der Waals surface area (Å²) in [5.74, 6) is -0.728. The summed E-state index contributed by atoms with van der Waals surface area (Å²) in [7, 11) is 0. The molecule has 0 aliphatic rings. The number of carboxylic acids is 1. The van der Waals surface area contributed by atoms with Crippen LogP contribution < -0.4 is 21.2 Å². The van der Waals surface area contributed by atoms with E-state index in [4.69, 9.17) is 0 Å². The van der Waals surface area contributed by atoms with Crippen molar-refractivity contribution in [2.75, 3.05) is 0 Å². The molecule has 1 unspecified atom stereocenters. The van der Waals surface area contributed by atoms with Gasteiger partial charge in [-0.3, -0.25) is 0 Å². The zero-order valence-electron chi connectivity index (χ0n) is 22.3. The zero-order chi connectivity index (χ0) is 26.4. The number of benzene rings is 4. The number of aliphatic carboxylic acids is 1. The summed E-state index contributed by atoms with van der Waals surface area (Å²) in [5, 5.41) is 15.6. The van der Waals surface area contributed by atoms with Crippen LogP contribution in [-0.2, 0) is 4.79 Å². The Balaban J connectivity index is 2.15. The van der Waals surface area contributed by atoms with E-state index in [1.54, 1.807) is 0 Å². The number of carbonyl (C=O) groups is 1. The Morgan fingerprint density at radius 1 is 0.622 bits per heavy atom. The van der Waals surface area contributed by atoms with Gasteiger partial charge in [0.15, 0.2) is 0 Å². The molecule has 192 valence electrons. The van der Waals surface area contributed by atoms with Crippen molar-refractivity contribution in [1.82, 2.24) is 0 Å². The molecule has 4 aromatic carbocycles. The molecule has 4 aromatic rings. The minimum absolute atomic E-state index is 0.224. The van der Waals surface area contributed by atoms with Gasteiger partial charge in [0.1, 0.15) is 0 Å². The van der Waals surface area contributed by atoms with Crippen LogP contribution in [0.2, 0.25) is 0 Å². The molecule has 0 fully saturated rings. The van der Waals surface area contributed by atoms with Crippen LogP contribution >= 0.6 is 6.60 Å². The summed E-state index contributed by atoms with van der Waals surface area (Å²) < 4.78 is 0. The average molecular weight is 511 g/mol. The molecule has 0 bridgehead atoms. The molecule has 0 saturated carbocycles. The topological polar surface area (TPSA) is 37.3 Å². The Kier molecular flexibility index (Phi) is 8.00. The molecular weight excluding hydrogens is 471 g/mol. The molecular formula is C34H39O2P. The fourth-order valence-corrected chi connectivity index (χ4v) is 13.7. The second kappa shape index (κ2) is 11.0. The zero-order valence-corrected chi connectivity index (χ0v) is 23.1. The summed E-state index contributed by atoms with van der Waals surface area (Å²) in [6.07, 6.45) is 3.55. The van der Waals surface area contributed by atoms with Gasteiger partial charge in [0.2, 0.25) is 0 Å². The van der Waals surface area contributed by atoms with Crippen LogP contribution in [0.3, 0.4) is 0 Å². The molecule has 0 aromatic heterocycles. The summed E-state index contributed by atoms with van der Waals surface area (Å²) in [6.45, 7) is 2.98. The van der Waals surface area contributed by atoms with E-state index < -0.39 is 18.2 Å². The van der Waals surface area contributed by atoms with Gasteiger partial charge >= 0.3 is 223 Å². The van der Waals surface area contributed by atoms with Crippen molar-refractivity contribution in [2.24, 2.45) is 5.41 Å². The summed E-state index contributed by atoms with van der Waals surface area (Å²) in [5.41, 5.74) is -0.386. The normalized spacial score (nSPS) is 13.9. The molecule has 0 amide bonds. The van der Waals surface area contributed by atoms with E-state index in [0.29, 0.717) is 6.42 Å². The van der Waals surface area contributed by atoms with Crippen LogP contribution in [0.5, 0.6) is 0 Å².